The van der Waals surface area contributed by atoms with Crippen molar-refractivity contribution >= 4 is 28.6 Å². The van der Waals surface area contributed by atoms with Crippen molar-refractivity contribution in [2.45, 2.75) is 0 Å². The van der Waals surface area contributed by atoms with E-state index >= 15 is 0 Å². The van der Waals surface area contributed by atoms with E-state index in [2.05, 4.69) is 56.1 Å². The number of aromatic nitrogens is 1. The molecule has 0 N–H and O–H groups in total. The van der Waals surface area contributed by atoms with E-state index in [0.717, 1.165) is 40.1 Å². The molecule has 0 saturated heterocycles. The lowest BCUT2D eigenvalue weighted by atomic mass is 10.1. The molecule has 0 aliphatic carbocycles. The first-order valence-electron chi connectivity index (χ1n) is 8.56. The highest BCUT2D eigenvalue weighted by atomic mass is 16.5. The number of anilines is 5. The van der Waals surface area contributed by atoms with Crippen LogP contribution in [0.1, 0.15) is 0 Å². The van der Waals surface area contributed by atoms with E-state index in [4.69, 9.17) is 4.74 Å². The van der Waals surface area contributed by atoms with Crippen LogP contribution in [-0.4, -0.2) is 33.2 Å². The highest BCUT2D eigenvalue weighted by Crippen LogP contribution is 2.51. The number of hydrogen-bond acceptors (Lipinski definition) is 5. The third-order valence-corrected chi connectivity index (χ3v) is 4.50. The molecule has 1 aromatic heterocycles. The van der Waals surface area contributed by atoms with Gasteiger partial charge in [0.1, 0.15) is 5.82 Å². The molecule has 4 rings (SSSR count). The molecule has 0 amide bonds. The number of pyridine rings is 1. The molecular weight excluding hydrogens is 324 g/mol. The zero-order chi connectivity index (χ0) is 18.3. The Hall–Kier alpha value is -3.21. The highest BCUT2D eigenvalue weighted by Gasteiger charge is 2.27. The summed E-state index contributed by atoms with van der Waals surface area (Å²) in [5, 5.41) is 0. The van der Waals surface area contributed by atoms with Crippen molar-refractivity contribution in [3.63, 3.8) is 0 Å². The second kappa shape index (κ2) is 6.26. The molecule has 0 atom stereocenters. The summed E-state index contributed by atoms with van der Waals surface area (Å²) < 4.78 is 6.29. The van der Waals surface area contributed by atoms with Crippen molar-refractivity contribution in [1.82, 2.24) is 4.98 Å². The molecule has 1 aliphatic rings. The predicted molar refractivity (Wildman–Crippen MR) is 108 cm³/mol. The molecule has 0 unspecified atom stereocenters. The SMILES string of the molecule is CN(C)c1ccc2c(c1)Oc1cc(N(C)C)ccc1N2c1ccccn1. The summed E-state index contributed by atoms with van der Waals surface area (Å²) in [7, 11) is 8.11. The van der Waals surface area contributed by atoms with Crippen molar-refractivity contribution in [3.05, 3.63) is 60.8 Å². The molecule has 0 spiro atoms. The van der Waals surface area contributed by atoms with Crippen LogP contribution in [0.2, 0.25) is 0 Å². The standard InChI is InChI=1S/C21H22N4O/c1-23(2)15-8-10-17-19(13-15)26-20-14-16(24(3)4)9-11-18(20)25(17)21-7-5-6-12-22-21/h5-14H,1-4H3. The number of rotatable bonds is 3. The third-order valence-electron chi connectivity index (χ3n) is 4.50. The predicted octanol–water partition coefficient (Wildman–Crippen LogP) is 4.79. The Balaban J connectivity index is 1.91. The van der Waals surface area contributed by atoms with Crippen molar-refractivity contribution in [2.24, 2.45) is 0 Å². The summed E-state index contributed by atoms with van der Waals surface area (Å²) in [6, 6.07) is 18.4. The van der Waals surface area contributed by atoms with Crippen molar-refractivity contribution in [3.8, 4) is 11.5 Å². The fraction of sp³-hybridized carbons (Fsp3) is 0.190. The van der Waals surface area contributed by atoms with Gasteiger partial charge in [0.2, 0.25) is 0 Å². The second-order valence-electron chi connectivity index (χ2n) is 6.72. The molecule has 26 heavy (non-hydrogen) atoms. The lowest BCUT2D eigenvalue weighted by Gasteiger charge is -2.33. The summed E-state index contributed by atoms with van der Waals surface area (Å²) in [6.07, 6.45) is 1.81. The smallest absolute Gasteiger partial charge is 0.153 e. The van der Waals surface area contributed by atoms with Gasteiger partial charge in [-0.15, -0.1) is 0 Å². The van der Waals surface area contributed by atoms with Crippen LogP contribution in [-0.2, 0) is 0 Å². The van der Waals surface area contributed by atoms with Crippen LogP contribution >= 0.6 is 0 Å². The first kappa shape index (κ1) is 16.3. The summed E-state index contributed by atoms with van der Waals surface area (Å²) in [5.74, 6) is 2.52. The molecule has 5 nitrogen and oxygen atoms in total. The largest absolute Gasteiger partial charge is 0.453 e. The van der Waals surface area contributed by atoms with E-state index in [1.54, 1.807) is 0 Å². The molecule has 0 bridgehead atoms. The van der Waals surface area contributed by atoms with Gasteiger partial charge in [-0.3, -0.25) is 4.90 Å². The Morgan fingerprint density at radius 1 is 0.769 bits per heavy atom. The fourth-order valence-corrected chi connectivity index (χ4v) is 3.08. The maximum Gasteiger partial charge on any atom is 0.153 e. The van der Waals surface area contributed by atoms with Gasteiger partial charge in [-0.2, -0.15) is 0 Å². The summed E-state index contributed by atoms with van der Waals surface area (Å²) >= 11 is 0. The van der Waals surface area contributed by atoms with Crippen LogP contribution in [0.25, 0.3) is 0 Å². The quantitative estimate of drug-likeness (QED) is 0.532. The number of ether oxygens (including phenoxy) is 1. The van der Waals surface area contributed by atoms with Gasteiger partial charge >= 0.3 is 0 Å². The molecule has 0 radical (unpaired) electrons. The van der Waals surface area contributed by atoms with Gasteiger partial charge in [0.25, 0.3) is 0 Å². The summed E-state index contributed by atoms with van der Waals surface area (Å²) in [5.41, 5.74) is 4.16. The molecule has 3 aromatic rings. The molecule has 5 heteroatoms. The monoisotopic (exact) mass is 346 g/mol. The average molecular weight is 346 g/mol. The third kappa shape index (κ3) is 2.71. The van der Waals surface area contributed by atoms with Gasteiger partial charge in [0.05, 0.1) is 11.4 Å². The van der Waals surface area contributed by atoms with Gasteiger partial charge in [-0.25, -0.2) is 4.98 Å². The number of hydrogen-bond donors (Lipinski definition) is 0. The Labute approximate surface area is 154 Å². The lowest BCUT2D eigenvalue weighted by molar-refractivity contribution is 0.477. The molecule has 0 fully saturated rings. The van der Waals surface area contributed by atoms with Crippen LogP contribution < -0.4 is 19.4 Å². The molecular formula is C21H22N4O. The Kier molecular flexibility index (Phi) is 3.92. The van der Waals surface area contributed by atoms with Crippen LogP contribution in [0.4, 0.5) is 28.6 Å². The van der Waals surface area contributed by atoms with Gasteiger partial charge in [0.15, 0.2) is 11.5 Å². The van der Waals surface area contributed by atoms with Crippen LogP contribution in [0.5, 0.6) is 11.5 Å². The first-order chi connectivity index (χ1) is 12.5. The minimum atomic E-state index is 0.824. The highest BCUT2D eigenvalue weighted by molar-refractivity contribution is 5.87. The van der Waals surface area contributed by atoms with E-state index in [0.29, 0.717) is 0 Å². The van der Waals surface area contributed by atoms with E-state index in [1.807, 2.05) is 52.6 Å². The summed E-state index contributed by atoms with van der Waals surface area (Å²) in [4.78, 5) is 10.9. The van der Waals surface area contributed by atoms with Crippen LogP contribution in [0, 0.1) is 0 Å². The Morgan fingerprint density at radius 2 is 1.35 bits per heavy atom. The Morgan fingerprint density at radius 3 is 1.81 bits per heavy atom. The molecule has 0 saturated carbocycles. The van der Waals surface area contributed by atoms with Gasteiger partial charge in [-0.1, -0.05) is 6.07 Å². The van der Waals surface area contributed by atoms with Crippen LogP contribution in [0.15, 0.2) is 60.8 Å². The summed E-state index contributed by atoms with van der Waals surface area (Å²) in [6.45, 7) is 0. The second-order valence-corrected chi connectivity index (χ2v) is 6.72. The van der Waals surface area contributed by atoms with E-state index in [1.165, 1.54) is 0 Å². The Bertz CT molecular complexity index is 880. The zero-order valence-corrected chi connectivity index (χ0v) is 15.5. The maximum absolute atomic E-state index is 6.29. The first-order valence-corrected chi connectivity index (χ1v) is 8.56. The van der Waals surface area contributed by atoms with E-state index in [-0.39, 0.29) is 0 Å². The van der Waals surface area contributed by atoms with E-state index < -0.39 is 0 Å². The topological polar surface area (TPSA) is 31.8 Å². The molecule has 2 aromatic carbocycles. The van der Waals surface area contributed by atoms with Crippen molar-refractivity contribution in [1.29, 1.82) is 0 Å². The lowest BCUT2D eigenvalue weighted by Crippen LogP contribution is -2.18. The zero-order valence-electron chi connectivity index (χ0n) is 15.5. The van der Waals surface area contributed by atoms with Gasteiger partial charge in [0, 0.05) is 57.9 Å². The normalized spacial score (nSPS) is 12.1. The fourth-order valence-electron chi connectivity index (χ4n) is 3.08. The van der Waals surface area contributed by atoms with Gasteiger partial charge < -0.3 is 14.5 Å². The number of fused-ring (bicyclic) bond motifs is 2. The van der Waals surface area contributed by atoms with Crippen molar-refractivity contribution in [2.75, 3.05) is 42.9 Å². The molecule has 132 valence electrons. The molecule has 1 aliphatic heterocycles. The number of benzene rings is 2. The van der Waals surface area contributed by atoms with Crippen LogP contribution in [0.3, 0.4) is 0 Å². The van der Waals surface area contributed by atoms with E-state index in [9.17, 15) is 0 Å². The van der Waals surface area contributed by atoms with Gasteiger partial charge in [-0.05, 0) is 36.4 Å². The minimum absolute atomic E-state index is 0.824. The van der Waals surface area contributed by atoms with Crippen molar-refractivity contribution < 1.29 is 4.74 Å². The number of nitrogens with zero attached hydrogens (tertiary/aromatic N) is 4. The average Bonchev–Trinajstić information content (AvgIpc) is 2.65. The molecule has 2 heterocycles. The maximum atomic E-state index is 6.29. The minimum Gasteiger partial charge on any atom is -0.453 e.